The molecule has 2 aromatic rings. The van der Waals surface area contributed by atoms with Crippen LogP contribution in [0.15, 0.2) is 29.2 Å². The summed E-state index contributed by atoms with van der Waals surface area (Å²) in [5.41, 5.74) is 2.42. The molecule has 0 aliphatic carbocycles. The lowest BCUT2D eigenvalue weighted by molar-refractivity contribution is -0.148. The van der Waals surface area contributed by atoms with E-state index in [9.17, 15) is 22.8 Å². The molecule has 184 valence electrons. The summed E-state index contributed by atoms with van der Waals surface area (Å²) in [4.78, 5) is 40.4. The Kier molecular flexibility index (Phi) is 7.93. The highest BCUT2D eigenvalue weighted by atomic mass is 32.2. The van der Waals surface area contributed by atoms with Gasteiger partial charge >= 0.3 is 11.9 Å². The molecule has 2 heterocycles. The summed E-state index contributed by atoms with van der Waals surface area (Å²) in [5.74, 6) is -1.99. The fourth-order valence-electron chi connectivity index (χ4n) is 4.09. The molecule has 0 radical (unpaired) electrons. The second-order valence-electron chi connectivity index (χ2n) is 8.37. The van der Waals surface area contributed by atoms with Crippen LogP contribution < -0.4 is 0 Å². The van der Waals surface area contributed by atoms with Crippen molar-refractivity contribution < 1.29 is 32.3 Å². The SMILES string of the molecule is CCOC(=O)c1[nH]c(C)c(C(=O)COC(=O)C2CCN(S(=O)(=O)c3ccc(C)cc3)CC2)c1C. The van der Waals surface area contributed by atoms with Gasteiger partial charge in [0.2, 0.25) is 15.8 Å². The van der Waals surface area contributed by atoms with Gasteiger partial charge in [-0.05, 0) is 58.2 Å². The number of aryl methyl sites for hydroxylation is 2. The van der Waals surface area contributed by atoms with Gasteiger partial charge in [0.1, 0.15) is 5.69 Å². The number of benzene rings is 1. The van der Waals surface area contributed by atoms with Crippen molar-refractivity contribution in [2.45, 2.75) is 45.4 Å². The standard InChI is InChI=1S/C24H30N2O7S/c1-5-32-24(29)22-16(3)21(17(4)25-22)20(27)14-33-23(28)18-10-12-26(13-11-18)34(30,31)19-8-6-15(2)7-9-19/h6-9,18,25H,5,10-14H2,1-4H3. The smallest absolute Gasteiger partial charge is 0.355 e. The summed E-state index contributed by atoms with van der Waals surface area (Å²) in [6.45, 7) is 7.02. The fourth-order valence-corrected chi connectivity index (χ4v) is 5.56. The second kappa shape index (κ2) is 10.5. The van der Waals surface area contributed by atoms with Gasteiger partial charge in [-0.15, -0.1) is 0 Å². The molecule has 1 aliphatic heterocycles. The number of H-pyrrole nitrogens is 1. The zero-order chi connectivity index (χ0) is 25.0. The van der Waals surface area contributed by atoms with Gasteiger partial charge in [-0.25, -0.2) is 13.2 Å². The van der Waals surface area contributed by atoms with E-state index in [1.54, 1.807) is 45.0 Å². The van der Waals surface area contributed by atoms with Crippen LogP contribution in [-0.4, -0.2) is 61.7 Å². The molecular weight excluding hydrogens is 460 g/mol. The molecule has 9 nitrogen and oxygen atoms in total. The summed E-state index contributed by atoms with van der Waals surface area (Å²) in [6, 6.07) is 6.65. The van der Waals surface area contributed by atoms with Crippen molar-refractivity contribution in [1.29, 1.82) is 0 Å². The van der Waals surface area contributed by atoms with Crippen molar-refractivity contribution in [3.8, 4) is 0 Å². The number of ketones is 1. The highest BCUT2D eigenvalue weighted by Crippen LogP contribution is 2.25. The van der Waals surface area contributed by atoms with Crippen LogP contribution in [0.5, 0.6) is 0 Å². The zero-order valence-corrected chi connectivity index (χ0v) is 20.7. The number of sulfonamides is 1. The van der Waals surface area contributed by atoms with E-state index in [4.69, 9.17) is 9.47 Å². The molecule has 0 atom stereocenters. The third kappa shape index (κ3) is 5.39. The molecular formula is C24H30N2O7S. The number of nitrogens with one attached hydrogen (secondary N) is 1. The van der Waals surface area contributed by atoms with Gasteiger partial charge in [-0.1, -0.05) is 17.7 Å². The normalized spacial score (nSPS) is 15.2. The number of ether oxygens (including phenoxy) is 2. The minimum absolute atomic E-state index is 0.197. The maximum absolute atomic E-state index is 12.8. The first kappa shape index (κ1) is 25.6. The Morgan fingerprint density at radius 2 is 1.65 bits per heavy atom. The van der Waals surface area contributed by atoms with Crippen molar-refractivity contribution in [3.63, 3.8) is 0 Å². The van der Waals surface area contributed by atoms with Crippen molar-refractivity contribution >= 4 is 27.7 Å². The number of carbonyl (C=O) groups is 3. The van der Waals surface area contributed by atoms with E-state index in [1.165, 1.54) is 4.31 Å². The van der Waals surface area contributed by atoms with Crippen LogP contribution in [0, 0.1) is 26.7 Å². The summed E-state index contributed by atoms with van der Waals surface area (Å²) >= 11 is 0. The van der Waals surface area contributed by atoms with Crippen molar-refractivity contribution in [2.24, 2.45) is 5.92 Å². The van der Waals surface area contributed by atoms with Crippen LogP contribution in [-0.2, 0) is 24.3 Å². The van der Waals surface area contributed by atoms with Crippen LogP contribution in [0.1, 0.15) is 57.4 Å². The quantitative estimate of drug-likeness (QED) is 0.446. The summed E-state index contributed by atoms with van der Waals surface area (Å²) in [7, 11) is -3.62. The molecule has 3 rings (SSSR count). The second-order valence-corrected chi connectivity index (χ2v) is 10.3. The fraction of sp³-hybridized carbons (Fsp3) is 0.458. The summed E-state index contributed by atoms with van der Waals surface area (Å²) in [6.07, 6.45) is 0.626. The van der Waals surface area contributed by atoms with Crippen LogP contribution in [0.2, 0.25) is 0 Å². The molecule has 1 aromatic heterocycles. The number of hydrogen-bond acceptors (Lipinski definition) is 7. The van der Waals surface area contributed by atoms with E-state index in [1.807, 2.05) is 6.92 Å². The Hall–Kier alpha value is -2.98. The van der Waals surface area contributed by atoms with Gasteiger partial charge in [0, 0.05) is 24.3 Å². The van der Waals surface area contributed by atoms with Gasteiger partial charge in [0.15, 0.2) is 6.61 Å². The predicted octanol–water partition coefficient (Wildman–Crippen LogP) is 2.94. The lowest BCUT2D eigenvalue weighted by Gasteiger charge is -2.30. The first-order chi connectivity index (χ1) is 16.1. The minimum Gasteiger partial charge on any atom is -0.461 e. The Labute approximate surface area is 199 Å². The Balaban J connectivity index is 1.56. The minimum atomic E-state index is -3.62. The van der Waals surface area contributed by atoms with Gasteiger partial charge in [-0.2, -0.15) is 4.31 Å². The van der Waals surface area contributed by atoms with Crippen LogP contribution in [0.25, 0.3) is 0 Å². The highest BCUT2D eigenvalue weighted by molar-refractivity contribution is 7.89. The molecule has 10 heteroatoms. The third-order valence-electron chi connectivity index (χ3n) is 5.99. The molecule has 34 heavy (non-hydrogen) atoms. The highest BCUT2D eigenvalue weighted by Gasteiger charge is 2.33. The van der Waals surface area contributed by atoms with E-state index in [-0.39, 0.29) is 30.3 Å². The number of piperidine rings is 1. The first-order valence-electron chi connectivity index (χ1n) is 11.2. The maximum Gasteiger partial charge on any atom is 0.355 e. The van der Waals surface area contributed by atoms with Crippen molar-refractivity contribution in [3.05, 3.63) is 52.3 Å². The number of nitrogens with zero attached hydrogens (tertiary/aromatic N) is 1. The topological polar surface area (TPSA) is 123 Å². The lowest BCUT2D eigenvalue weighted by atomic mass is 9.98. The number of carbonyl (C=O) groups excluding carboxylic acids is 3. The van der Waals surface area contributed by atoms with Gasteiger partial charge < -0.3 is 14.5 Å². The molecule has 1 saturated heterocycles. The Bertz CT molecular complexity index is 1170. The van der Waals surface area contributed by atoms with Gasteiger partial charge in [-0.3, -0.25) is 9.59 Å². The molecule has 1 aliphatic rings. The molecule has 0 unspecified atom stereocenters. The third-order valence-corrected chi connectivity index (χ3v) is 7.90. The van der Waals surface area contributed by atoms with E-state index in [0.29, 0.717) is 29.7 Å². The van der Waals surface area contributed by atoms with Crippen molar-refractivity contribution in [2.75, 3.05) is 26.3 Å². The van der Waals surface area contributed by atoms with Gasteiger partial charge in [0.25, 0.3) is 0 Å². The number of aromatic nitrogens is 1. The van der Waals surface area contributed by atoms with E-state index in [2.05, 4.69) is 4.98 Å². The molecule has 1 fully saturated rings. The maximum atomic E-state index is 12.8. The average Bonchev–Trinajstić information content (AvgIpc) is 3.11. The zero-order valence-electron chi connectivity index (χ0n) is 19.8. The van der Waals surface area contributed by atoms with Crippen LogP contribution in [0.4, 0.5) is 0 Å². The van der Waals surface area contributed by atoms with Crippen LogP contribution in [0.3, 0.4) is 0 Å². The largest absolute Gasteiger partial charge is 0.461 e. The summed E-state index contributed by atoms with van der Waals surface area (Å²) < 4.78 is 37.3. The number of esters is 2. The molecule has 0 amide bonds. The molecule has 0 saturated carbocycles. The van der Waals surface area contributed by atoms with E-state index >= 15 is 0 Å². The molecule has 0 bridgehead atoms. The number of aromatic amines is 1. The average molecular weight is 491 g/mol. The predicted molar refractivity (Wildman–Crippen MR) is 124 cm³/mol. The monoisotopic (exact) mass is 490 g/mol. The molecule has 1 N–H and O–H groups in total. The summed E-state index contributed by atoms with van der Waals surface area (Å²) in [5, 5.41) is 0. The van der Waals surface area contributed by atoms with E-state index < -0.39 is 40.3 Å². The van der Waals surface area contributed by atoms with Gasteiger partial charge in [0.05, 0.1) is 17.4 Å². The van der Waals surface area contributed by atoms with Crippen molar-refractivity contribution in [1.82, 2.24) is 9.29 Å². The Morgan fingerprint density at radius 1 is 1.03 bits per heavy atom. The number of Topliss-reactive ketones (excluding diaryl/α,β-unsaturated/α-hetero) is 1. The Morgan fingerprint density at radius 3 is 2.24 bits per heavy atom. The molecule has 0 spiro atoms. The van der Waals surface area contributed by atoms with Crippen LogP contribution >= 0.6 is 0 Å². The van der Waals surface area contributed by atoms with E-state index in [0.717, 1.165) is 5.56 Å². The first-order valence-corrected chi connectivity index (χ1v) is 12.6. The number of rotatable bonds is 8. The molecule has 1 aromatic carbocycles. The lowest BCUT2D eigenvalue weighted by Crippen LogP contribution is -2.40. The number of hydrogen-bond donors (Lipinski definition) is 1.